The lowest BCUT2D eigenvalue weighted by molar-refractivity contribution is 0.151. The number of aromatic nitrogens is 2. The second-order valence-corrected chi connectivity index (χ2v) is 3.89. The third kappa shape index (κ3) is 2.83. The fourth-order valence-electron chi connectivity index (χ4n) is 1.63. The van der Waals surface area contributed by atoms with Crippen molar-refractivity contribution in [1.29, 1.82) is 0 Å². The van der Waals surface area contributed by atoms with Crippen LogP contribution in [0.1, 0.15) is 17.2 Å². The Morgan fingerprint density at radius 3 is 2.88 bits per heavy atom. The average Bonchev–Trinajstić information content (AvgIpc) is 2.77. The predicted molar refractivity (Wildman–Crippen MR) is 63.2 cm³/mol. The molecule has 0 aliphatic heterocycles. The van der Waals surface area contributed by atoms with E-state index in [4.69, 9.17) is 5.73 Å². The lowest BCUT2D eigenvalue weighted by atomic mass is 10.1. The first-order valence-electron chi connectivity index (χ1n) is 5.37. The summed E-state index contributed by atoms with van der Waals surface area (Å²) in [6.07, 6.45) is 2.77. The number of aliphatic hydroxyl groups is 1. The van der Waals surface area contributed by atoms with Crippen LogP contribution in [-0.4, -0.2) is 20.0 Å². The maximum absolute atomic E-state index is 9.98. The average molecular weight is 233 g/mol. The number of phenols is 1. The van der Waals surface area contributed by atoms with E-state index in [9.17, 15) is 10.2 Å². The molecule has 1 aromatic heterocycles. The molecule has 5 nitrogen and oxygen atoms in total. The van der Waals surface area contributed by atoms with Gasteiger partial charge in [-0.05, 0) is 17.7 Å². The van der Waals surface area contributed by atoms with E-state index in [-0.39, 0.29) is 5.75 Å². The fraction of sp³-hybridized carbons (Fsp3) is 0.250. The van der Waals surface area contributed by atoms with E-state index in [1.807, 2.05) is 0 Å². The number of hydrogen-bond acceptors (Lipinski definition) is 4. The molecule has 0 spiro atoms. The number of phenolic OH excluding ortho intramolecular Hbond substituents is 1. The molecular formula is C12H15N3O2. The maximum atomic E-state index is 9.98. The topological polar surface area (TPSA) is 84.3 Å². The SMILES string of the molecule is NCc1cnn(CC(O)c2cccc(O)c2)c1. The summed E-state index contributed by atoms with van der Waals surface area (Å²) in [5.74, 6) is 0.143. The number of aromatic hydroxyl groups is 1. The lowest BCUT2D eigenvalue weighted by Crippen LogP contribution is -2.09. The fourth-order valence-corrected chi connectivity index (χ4v) is 1.63. The van der Waals surface area contributed by atoms with Gasteiger partial charge in [-0.1, -0.05) is 12.1 Å². The van der Waals surface area contributed by atoms with E-state index < -0.39 is 6.10 Å². The molecule has 2 aromatic rings. The van der Waals surface area contributed by atoms with Crippen molar-refractivity contribution in [1.82, 2.24) is 9.78 Å². The first-order valence-corrected chi connectivity index (χ1v) is 5.37. The lowest BCUT2D eigenvalue weighted by Gasteiger charge is -2.11. The monoisotopic (exact) mass is 233 g/mol. The Balaban J connectivity index is 2.08. The molecule has 1 atom stereocenters. The molecule has 5 heteroatoms. The summed E-state index contributed by atoms with van der Waals surface area (Å²) < 4.78 is 1.64. The van der Waals surface area contributed by atoms with Crippen molar-refractivity contribution < 1.29 is 10.2 Å². The molecule has 1 unspecified atom stereocenters. The van der Waals surface area contributed by atoms with Crippen LogP contribution in [-0.2, 0) is 13.1 Å². The van der Waals surface area contributed by atoms with Crippen LogP contribution in [0.5, 0.6) is 5.75 Å². The van der Waals surface area contributed by atoms with Crippen LogP contribution in [0.15, 0.2) is 36.7 Å². The van der Waals surface area contributed by atoms with Gasteiger partial charge in [0.2, 0.25) is 0 Å². The van der Waals surface area contributed by atoms with Crippen LogP contribution < -0.4 is 5.73 Å². The molecule has 0 bridgehead atoms. The van der Waals surface area contributed by atoms with E-state index in [2.05, 4.69) is 5.10 Å². The van der Waals surface area contributed by atoms with Crippen molar-refractivity contribution >= 4 is 0 Å². The molecule has 0 amide bonds. The summed E-state index contributed by atoms with van der Waals surface area (Å²) in [6, 6.07) is 6.56. The van der Waals surface area contributed by atoms with Crippen molar-refractivity contribution in [2.45, 2.75) is 19.2 Å². The number of benzene rings is 1. The normalized spacial score (nSPS) is 12.6. The van der Waals surface area contributed by atoms with Gasteiger partial charge in [0.05, 0.1) is 18.8 Å². The zero-order chi connectivity index (χ0) is 12.3. The van der Waals surface area contributed by atoms with Crippen molar-refractivity contribution in [3.05, 3.63) is 47.8 Å². The van der Waals surface area contributed by atoms with Gasteiger partial charge in [0.1, 0.15) is 5.75 Å². The van der Waals surface area contributed by atoms with Gasteiger partial charge in [0.25, 0.3) is 0 Å². The summed E-state index contributed by atoms with van der Waals surface area (Å²) in [4.78, 5) is 0. The largest absolute Gasteiger partial charge is 0.508 e. The van der Waals surface area contributed by atoms with Crippen LogP contribution >= 0.6 is 0 Å². The smallest absolute Gasteiger partial charge is 0.115 e. The van der Waals surface area contributed by atoms with Gasteiger partial charge in [-0.3, -0.25) is 4.68 Å². The molecule has 0 fully saturated rings. The van der Waals surface area contributed by atoms with Crippen molar-refractivity contribution in [2.24, 2.45) is 5.73 Å². The molecular weight excluding hydrogens is 218 g/mol. The Hall–Kier alpha value is -1.85. The molecule has 0 aliphatic rings. The van der Waals surface area contributed by atoms with E-state index >= 15 is 0 Å². The van der Waals surface area contributed by atoms with Crippen LogP contribution in [0.25, 0.3) is 0 Å². The highest BCUT2D eigenvalue weighted by molar-refractivity contribution is 5.28. The van der Waals surface area contributed by atoms with E-state index in [0.717, 1.165) is 5.56 Å². The highest BCUT2D eigenvalue weighted by Crippen LogP contribution is 2.19. The number of rotatable bonds is 4. The highest BCUT2D eigenvalue weighted by atomic mass is 16.3. The van der Waals surface area contributed by atoms with Crippen molar-refractivity contribution in [3.63, 3.8) is 0 Å². The number of aliphatic hydroxyl groups excluding tert-OH is 1. The van der Waals surface area contributed by atoms with Gasteiger partial charge in [-0.25, -0.2) is 0 Å². The zero-order valence-electron chi connectivity index (χ0n) is 9.32. The summed E-state index contributed by atoms with van der Waals surface area (Å²) in [6.45, 7) is 0.770. The summed E-state index contributed by atoms with van der Waals surface area (Å²) in [5.41, 5.74) is 7.06. The van der Waals surface area contributed by atoms with Crippen molar-refractivity contribution in [3.8, 4) is 5.75 Å². The van der Waals surface area contributed by atoms with Crippen LogP contribution in [0.2, 0.25) is 0 Å². The second-order valence-electron chi connectivity index (χ2n) is 3.89. The summed E-state index contributed by atoms with van der Waals surface area (Å²) in [7, 11) is 0. The first-order chi connectivity index (χ1) is 8.19. The molecule has 2 rings (SSSR count). The molecule has 0 radical (unpaired) electrons. The number of nitrogens with two attached hydrogens (primary N) is 1. The molecule has 4 N–H and O–H groups in total. The van der Waals surface area contributed by atoms with Crippen molar-refractivity contribution in [2.75, 3.05) is 0 Å². The molecule has 1 aromatic carbocycles. The standard InChI is InChI=1S/C12H15N3O2/c13-5-9-6-14-15(7-9)8-12(17)10-2-1-3-11(16)4-10/h1-4,6-7,12,16-17H,5,8,13H2. The molecule has 90 valence electrons. The zero-order valence-corrected chi connectivity index (χ0v) is 9.32. The molecule has 1 heterocycles. The Kier molecular flexibility index (Phi) is 3.41. The van der Waals surface area contributed by atoms with Gasteiger partial charge in [0.15, 0.2) is 0 Å². The molecule has 17 heavy (non-hydrogen) atoms. The Morgan fingerprint density at radius 2 is 2.24 bits per heavy atom. The van der Waals surface area contributed by atoms with Crippen LogP contribution in [0.3, 0.4) is 0 Å². The van der Waals surface area contributed by atoms with E-state index in [1.165, 1.54) is 6.07 Å². The Bertz CT molecular complexity index is 496. The van der Waals surface area contributed by atoms with E-state index in [0.29, 0.717) is 18.7 Å². The number of nitrogens with zero attached hydrogens (tertiary/aromatic N) is 2. The Labute approximate surface area is 99.1 Å². The predicted octanol–water partition coefficient (Wildman–Crippen LogP) is 0.781. The van der Waals surface area contributed by atoms with Gasteiger partial charge in [0, 0.05) is 18.3 Å². The third-order valence-corrected chi connectivity index (χ3v) is 2.54. The summed E-state index contributed by atoms with van der Waals surface area (Å²) in [5, 5.41) is 23.4. The molecule has 0 saturated heterocycles. The second kappa shape index (κ2) is 4.99. The number of hydrogen-bond donors (Lipinski definition) is 3. The Morgan fingerprint density at radius 1 is 1.41 bits per heavy atom. The molecule has 0 saturated carbocycles. The third-order valence-electron chi connectivity index (χ3n) is 2.54. The van der Waals surface area contributed by atoms with Crippen LogP contribution in [0.4, 0.5) is 0 Å². The minimum Gasteiger partial charge on any atom is -0.508 e. The highest BCUT2D eigenvalue weighted by Gasteiger charge is 2.09. The van der Waals surface area contributed by atoms with Gasteiger partial charge in [-0.2, -0.15) is 5.10 Å². The first kappa shape index (κ1) is 11.6. The minimum absolute atomic E-state index is 0.143. The van der Waals surface area contributed by atoms with E-state index in [1.54, 1.807) is 35.3 Å². The maximum Gasteiger partial charge on any atom is 0.115 e. The van der Waals surface area contributed by atoms with Crippen LogP contribution in [0, 0.1) is 0 Å². The minimum atomic E-state index is -0.701. The van der Waals surface area contributed by atoms with Gasteiger partial charge >= 0.3 is 0 Å². The quantitative estimate of drug-likeness (QED) is 0.728. The molecule has 0 aliphatic carbocycles. The summed E-state index contributed by atoms with van der Waals surface area (Å²) >= 11 is 0. The van der Waals surface area contributed by atoms with Gasteiger partial charge in [-0.15, -0.1) is 0 Å². The van der Waals surface area contributed by atoms with Gasteiger partial charge < -0.3 is 15.9 Å².